The molecular weight excluding hydrogens is 372 g/mol. The average molecular weight is 396 g/mol. The van der Waals surface area contributed by atoms with Crippen LogP contribution in [0.4, 0.5) is 0 Å². The highest BCUT2D eigenvalue weighted by Crippen LogP contribution is 2.30. The average Bonchev–Trinajstić information content (AvgIpc) is 3.29. The number of nitrogens with one attached hydrogen (secondary N) is 1. The van der Waals surface area contributed by atoms with Crippen LogP contribution in [0, 0.1) is 5.92 Å². The molecule has 0 radical (unpaired) electrons. The maximum atomic E-state index is 12.4. The number of furan rings is 1. The number of carbonyl (C=O) groups is 2. The number of fused-ring (bicyclic) bond motifs is 1. The molecule has 0 saturated carbocycles. The summed E-state index contributed by atoms with van der Waals surface area (Å²) in [5.74, 6) is 2.07. The van der Waals surface area contributed by atoms with Crippen molar-refractivity contribution in [3.8, 4) is 11.5 Å². The number of nitrogens with zero attached hydrogens (tertiary/aromatic N) is 1. The van der Waals surface area contributed by atoms with Gasteiger partial charge in [-0.1, -0.05) is 12.1 Å². The summed E-state index contributed by atoms with van der Waals surface area (Å²) in [6, 6.07) is 10.9. The fraction of sp³-hybridized carbons (Fsp3) is 0.364. The van der Waals surface area contributed by atoms with Crippen molar-refractivity contribution >= 4 is 17.9 Å². The summed E-state index contributed by atoms with van der Waals surface area (Å²) in [5.41, 5.74) is 0. The van der Waals surface area contributed by atoms with E-state index in [4.69, 9.17) is 13.9 Å². The molecule has 1 aromatic carbocycles. The van der Waals surface area contributed by atoms with Crippen molar-refractivity contribution in [2.45, 2.75) is 18.9 Å². The molecule has 1 aromatic heterocycles. The van der Waals surface area contributed by atoms with E-state index in [0.717, 1.165) is 12.8 Å². The Labute approximate surface area is 169 Å². The highest BCUT2D eigenvalue weighted by Gasteiger charge is 2.28. The number of likely N-dealkylation sites (tertiary alicyclic amines) is 1. The molecule has 1 saturated heterocycles. The van der Waals surface area contributed by atoms with Gasteiger partial charge < -0.3 is 24.1 Å². The number of para-hydroxylation sites is 2. The molecule has 3 heterocycles. The maximum absolute atomic E-state index is 12.4. The van der Waals surface area contributed by atoms with Crippen LogP contribution < -0.4 is 14.8 Å². The molecule has 4 rings (SSSR count). The molecule has 1 unspecified atom stereocenters. The summed E-state index contributed by atoms with van der Waals surface area (Å²) in [6.45, 7) is 2.14. The van der Waals surface area contributed by atoms with E-state index in [1.54, 1.807) is 36.6 Å². The molecule has 1 N–H and O–H groups in total. The minimum atomic E-state index is -0.640. The lowest BCUT2D eigenvalue weighted by Gasteiger charge is -2.32. The van der Waals surface area contributed by atoms with Crippen molar-refractivity contribution in [1.82, 2.24) is 10.2 Å². The third-order valence-corrected chi connectivity index (χ3v) is 5.23. The second kappa shape index (κ2) is 8.86. The maximum Gasteiger partial charge on any atom is 0.264 e. The lowest BCUT2D eigenvalue weighted by Crippen LogP contribution is -2.46. The molecule has 0 bridgehead atoms. The fourth-order valence-corrected chi connectivity index (χ4v) is 3.51. The van der Waals surface area contributed by atoms with Crippen LogP contribution in [-0.4, -0.2) is 49.1 Å². The molecule has 1 atom stereocenters. The molecule has 152 valence electrons. The van der Waals surface area contributed by atoms with E-state index in [0.29, 0.717) is 42.8 Å². The van der Waals surface area contributed by atoms with Gasteiger partial charge in [0, 0.05) is 25.7 Å². The monoisotopic (exact) mass is 396 g/mol. The standard InChI is InChI=1S/C22H24N2O5/c25-21(8-7-17-4-3-13-27-17)24-11-9-16(10-12-24)14-23-22(26)20-15-28-18-5-1-2-6-19(18)29-20/h1-8,13,16,20H,9-12,14-15H2,(H,23,26)/b8-7+. The zero-order chi connectivity index (χ0) is 20.1. The molecule has 7 heteroatoms. The first-order valence-electron chi connectivity index (χ1n) is 9.86. The molecule has 29 heavy (non-hydrogen) atoms. The zero-order valence-electron chi connectivity index (χ0n) is 16.1. The number of ether oxygens (including phenoxy) is 2. The van der Waals surface area contributed by atoms with Crippen LogP contribution in [0.3, 0.4) is 0 Å². The highest BCUT2D eigenvalue weighted by molar-refractivity contribution is 5.91. The van der Waals surface area contributed by atoms with Crippen molar-refractivity contribution in [2.75, 3.05) is 26.2 Å². The van der Waals surface area contributed by atoms with E-state index >= 15 is 0 Å². The van der Waals surface area contributed by atoms with Crippen LogP contribution in [0.25, 0.3) is 6.08 Å². The Bertz CT molecular complexity index is 869. The van der Waals surface area contributed by atoms with Gasteiger partial charge in [0.1, 0.15) is 12.4 Å². The van der Waals surface area contributed by atoms with Gasteiger partial charge in [-0.25, -0.2) is 0 Å². The van der Waals surface area contributed by atoms with Gasteiger partial charge in [-0.05, 0) is 49.1 Å². The van der Waals surface area contributed by atoms with Crippen molar-refractivity contribution in [1.29, 1.82) is 0 Å². The molecule has 0 spiro atoms. The summed E-state index contributed by atoms with van der Waals surface area (Å²) >= 11 is 0. The van der Waals surface area contributed by atoms with Gasteiger partial charge in [-0.15, -0.1) is 0 Å². The van der Waals surface area contributed by atoms with Crippen molar-refractivity contribution in [3.63, 3.8) is 0 Å². The first-order valence-corrected chi connectivity index (χ1v) is 9.86. The Balaban J connectivity index is 1.19. The van der Waals surface area contributed by atoms with Crippen molar-refractivity contribution < 1.29 is 23.5 Å². The van der Waals surface area contributed by atoms with Gasteiger partial charge in [-0.2, -0.15) is 0 Å². The molecule has 7 nitrogen and oxygen atoms in total. The topological polar surface area (TPSA) is 81.0 Å². The molecule has 1 fully saturated rings. The van der Waals surface area contributed by atoms with Gasteiger partial charge in [0.25, 0.3) is 5.91 Å². The lowest BCUT2D eigenvalue weighted by atomic mass is 9.96. The van der Waals surface area contributed by atoms with Crippen LogP contribution in [0.1, 0.15) is 18.6 Å². The fourth-order valence-electron chi connectivity index (χ4n) is 3.51. The molecule has 2 aliphatic rings. The third-order valence-electron chi connectivity index (χ3n) is 5.23. The van der Waals surface area contributed by atoms with E-state index in [1.165, 1.54) is 0 Å². The third kappa shape index (κ3) is 4.80. The summed E-state index contributed by atoms with van der Waals surface area (Å²) in [7, 11) is 0. The number of hydrogen-bond acceptors (Lipinski definition) is 5. The molecule has 2 aromatic rings. The molecular formula is C22H24N2O5. The number of benzene rings is 1. The quantitative estimate of drug-likeness (QED) is 0.786. The summed E-state index contributed by atoms with van der Waals surface area (Å²) in [4.78, 5) is 26.5. The summed E-state index contributed by atoms with van der Waals surface area (Å²) in [5, 5.41) is 2.97. The molecule has 0 aliphatic carbocycles. The minimum Gasteiger partial charge on any atom is -0.485 e. The highest BCUT2D eigenvalue weighted by atomic mass is 16.6. The predicted octanol–water partition coefficient (Wildman–Crippen LogP) is 2.49. The van der Waals surface area contributed by atoms with E-state index in [-0.39, 0.29) is 18.4 Å². The summed E-state index contributed by atoms with van der Waals surface area (Å²) < 4.78 is 16.5. The van der Waals surface area contributed by atoms with Gasteiger partial charge >= 0.3 is 0 Å². The first-order chi connectivity index (χ1) is 14.2. The zero-order valence-corrected chi connectivity index (χ0v) is 16.1. The van der Waals surface area contributed by atoms with E-state index < -0.39 is 6.10 Å². The Kier molecular flexibility index (Phi) is 5.84. The van der Waals surface area contributed by atoms with Crippen LogP contribution >= 0.6 is 0 Å². The number of rotatable bonds is 5. The Morgan fingerprint density at radius 1 is 1.10 bits per heavy atom. The number of hydrogen-bond donors (Lipinski definition) is 1. The van der Waals surface area contributed by atoms with Gasteiger partial charge in [0.2, 0.25) is 12.0 Å². The van der Waals surface area contributed by atoms with Crippen LogP contribution in [0.2, 0.25) is 0 Å². The van der Waals surface area contributed by atoms with Gasteiger partial charge in [0.05, 0.1) is 6.26 Å². The Morgan fingerprint density at radius 2 is 1.90 bits per heavy atom. The second-order valence-corrected chi connectivity index (χ2v) is 7.23. The first kappa shape index (κ1) is 19.1. The molecule has 2 amide bonds. The number of piperidine rings is 1. The van der Waals surface area contributed by atoms with Crippen molar-refractivity contribution in [2.24, 2.45) is 5.92 Å². The number of carbonyl (C=O) groups excluding carboxylic acids is 2. The van der Waals surface area contributed by atoms with E-state index in [2.05, 4.69) is 5.32 Å². The normalized spacial score (nSPS) is 19.3. The van der Waals surface area contributed by atoms with E-state index in [9.17, 15) is 9.59 Å². The smallest absolute Gasteiger partial charge is 0.264 e. The van der Waals surface area contributed by atoms with E-state index in [1.807, 2.05) is 23.1 Å². The molecule has 2 aliphatic heterocycles. The van der Waals surface area contributed by atoms with Gasteiger partial charge in [-0.3, -0.25) is 9.59 Å². The summed E-state index contributed by atoms with van der Waals surface area (Å²) in [6.07, 6.45) is 5.86. The Hall–Kier alpha value is -3.22. The van der Waals surface area contributed by atoms with Gasteiger partial charge in [0.15, 0.2) is 11.5 Å². The SMILES string of the molecule is O=C(NCC1CCN(C(=O)/C=C/c2ccco2)CC1)C1COc2ccccc2O1. The lowest BCUT2D eigenvalue weighted by molar-refractivity contribution is -0.131. The number of amides is 2. The van der Waals surface area contributed by atoms with Crippen LogP contribution in [-0.2, 0) is 9.59 Å². The van der Waals surface area contributed by atoms with Crippen molar-refractivity contribution in [3.05, 3.63) is 54.5 Å². The minimum absolute atomic E-state index is 0.0182. The largest absolute Gasteiger partial charge is 0.485 e. The Morgan fingerprint density at radius 3 is 2.66 bits per heavy atom. The van der Waals surface area contributed by atoms with Crippen LogP contribution in [0.5, 0.6) is 11.5 Å². The van der Waals surface area contributed by atoms with Crippen LogP contribution in [0.15, 0.2) is 53.2 Å². The predicted molar refractivity (Wildman–Crippen MR) is 106 cm³/mol. The second-order valence-electron chi connectivity index (χ2n) is 7.23.